The fourth-order valence-electron chi connectivity index (χ4n) is 5.14. The van der Waals surface area contributed by atoms with Gasteiger partial charge in [-0.25, -0.2) is 14.8 Å². The lowest BCUT2D eigenvalue weighted by atomic mass is 10.1. The first kappa shape index (κ1) is 19.8. The topological polar surface area (TPSA) is 83.9 Å². The summed E-state index contributed by atoms with van der Waals surface area (Å²) >= 11 is 0. The first-order chi connectivity index (χ1) is 17.2. The Morgan fingerprint density at radius 3 is 2.26 bits per heavy atom. The Kier molecular flexibility index (Phi) is 4.20. The van der Waals surface area contributed by atoms with Gasteiger partial charge in [-0.05, 0) is 67.4 Å². The number of benzene rings is 3. The molecule has 0 spiro atoms. The van der Waals surface area contributed by atoms with Crippen LogP contribution in [0.2, 0.25) is 0 Å². The monoisotopic (exact) mass is 456 g/mol. The van der Waals surface area contributed by atoms with Crippen LogP contribution in [0.3, 0.4) is 0 Å². The molecule has 1 atom stereocenters. The van der Waals surface area contributed by atoms with Crippen molar-refractivity contribution < 1.29 is 4.79 Å². The van der Waals surface area contributed by atoms with E-state index in [9.17, 15) is 4.79 Å². The summed E-state index contributed by atoms with van der Waals surface area (Å²) in [7, 11) is 0. The Hall–Kier alpha value is -4.65. The Bertz CT molecular complexity index is 1820. The lowest BCUT2D eigenvalue weighted by molar-refractivity contribution is 0.256. The molecule has 1 aliphatic heterocycles. The third-order valence-electron chi connectivity index (χ3n) is 6.69. The number of amides is 2. The van der Waals surface area contributed by atoms with Gasteiger partial charge in [-0.1, -0.05) is 18.2 Å². The highest BCUT2D eigenvalue weighted by molar-refractivity contribution is 6.21. The molecule has 168 valence electrons. The summed E-state index contributed by atoms with van der Waals surface area (Å²) < 4.78 is 0. The summed E-state index contributed by atoms with van der Waals surface area (Å²) in [5, 5.41) is 4.88. The lowest BCUT2D eigenvalue weighted by Crippen LogP contribution is -2.39. The molecule has 7 rings (SSSR count). The maximum Gasteiger partial charge on any atom is 0.326 e. The zero-order valence-electron chi connectivity index (χ0n) is 18.9. The van der Waals surface area contributed by atoms with E-state index in [1.165, 1.54) is 5.56 Å². The molecule has 7 nitrogen and oxygen atoms in total. The first-order valence-electron chi connectivity index (χ1n) is 11.6. The SMILES string of the molecule is C[C@H]1Cc2ccccc2N1C(=O)Nc1ccc2nc3c4cccnc4c4ncccc4c3nc2c1. The van der Waals surface area contributed by atoms with Gasteiger partial charge in [-0.3, -0.25) is 14.9 Å². The molecule has 3 aromatic carbocycles. The number of urea groups is 1. The molecule has 0 fully saturated rings. The minimum absolute atomic E-state index is 0.0948. The van der Waals surface area contributed by atoms with Crippen molar-refractivity contribution >= 4 is 61.3 Å². The average molecular weight is 457 g/mol. The number of anilines is 2. The number of nitrogens with zero attached hydrogens (tertiary/aromatic N) is 5. The van der Waals surface area contributed by atoms with Crippen LogP contribution in [0.25, 0.3) is 43.9 Å². The Labute approximate surface area is 200 Å². The summed E-state index contributed by atoms with van der Waals surface area (Å²) in [4.78, 5) is 34.1. The zero-order valence-corrected chi connectivity index (χ0v) is 18.9. The highest BCUT2D eigenvalue weighted by Crippen LogP contribution is 2.34. The quantitative estimate of drug-likeness (QED) is 0.247. The Morgan fingerprint density at radius 2 is 1.51 bits per heavy atom. The van der Waals surface area contributed by atoms with E-state index in [0.29, 0.717) is 11.2 Å². The minimum atomic E-state index is -0.151. The number of fused-ring (bicyclic) bond motifs is 8. The van der Waals surface area contributed by atoms with Crippen LogP contribution in [-0.2, 0) is 6.42 Å². The third kappa shape index (κ3) is 3.01. The van der Waals surface area contributed by atoms with Crippen LogP contribution in [0.5, 0.6) is 0 Å². The fraction of sp³-hybridized carbons (Fsp3) is 0.107. The van der Waals surface area contributed by atoms with Crippen molar-refractivity contribution in [2.24, 2.45) is 0 Å². The van der Waals surface area contributed by atoms with E-state index in [1.807, 2.05) is 65.6 Å². The molecule has 0 unspecified atom stereocenters. The normalized spacial score (nSPS) is 15.2. The summed E-state index contributed by atoms with van der Waals surface area (Å²) in [5.74, 6) is 0. The molecule has 3 aromatic heterocycles. The van der Waals surface area contributed by atoms with Crippen LogP contribution < -0.4 is 10.2 Å². The van der Waals surface area contributed by atoms with Gasteiger partial charge in [0.25, 0.3) is 0 Å². The molecule has 2 amide bonds. The van der Waals surface area contributed by atoms with Gasteiger partial charge in [0.05, 0.1) is 33.1 Å². The molecular weight excluding hydrogens is 436 g/mol. The number of pyridine rings is 2. The number of hydrogen-bond donors (Lipinski definition) is 1. The van der Waals surface area contributed by atoms with Gasteiger partial charge < -0.3 is 5.32 Å². The van der Waals surface area contributed by atoms with Crippen molar-refractivity contribution in [3.63, 3.8) is 0 Å². The number of nitrogens with one attached hydrogen (secondary N) is 1. The van der Waals surface area contributed by atoms with Crippen molar-refractivity contribution in [2.45, 2.75) is 19.4 Å². The van der Waals surface area contributed by atoms with Gasteiger partial charge in [0.15, 0.2) is 0 Å². The van der Waals surface area contributed by atoms with E-state index in [1.54, 1.807) is 12.4 Å². The van der Waals surface area contributed by atoms with E-state index in [0.717, 1.165) is 50.5 Å². The molecule has 1 aliphatic rings. The first-order valence-corrected chi connectivity index (χ1v) is 11.6. The zero-order chi connectivity index (χ0) is 23.5. The number of hydrogen-bond acceptors (Lipinski definition) is 5. The maximum atomic E-state index is 13.2. The van der Waals surface area contributed by atoms with E-state index in [-0.39, 0.29) is 12.1 Å². The number of aromatic nitrogens is 4. The molecular formula is C28H20N6O. The highest BCUT2D eigenvalue weighted by Gasteiger charge is 2.30. The second-order valence-electron chi connectivity index (χ2n) is 8.91. The van der Waals surface area contributed by atoms with Gasteiger partial charge in [0.2, 0.25) is 0 Å². The second kappa shape index (κ2) is 7.43. The molecule has 6 aromatic rings. The van der Waals surface area contributed by atoms with E-state index >= 15 is 0 Å². The van der Waals surface area contributed by atoms with Crippen molar-refractivity contribution in [1.82, 2.24) is 19.9 Å². The number of rotatable bonds is 1. The van der Waals surface area contributed by atoms with Gasteiger partial charge in [-0.2, -0.15) is 0 Å². The predicted octanol–water partition coefficient (Wildman–Crippen LogP) is 5.86. The highest BCUT2D eigenvalue weighted by atomic mass is 16.2. The molecule has 0 bridgehead atoms. The van der Waals surface area contributed by atoms with Crippen molar-refractivity contribution in [1.29, 1.82) is 0 Å². The van der Waals surface area contributed by atoms with Crippen molar-refractivity contribution in [3.05, 3.63) is 84.7 Å². The lowest BCUT2D eigenvalue weighted by Gasteiger charge is -2.23. The van der Waals surface area contributed by atoms with Crippen molar-refractivity contribution in [2.75, 3.05) is 10.2 Å². The van der Waals surface area contributed by atoms with Crippen LogP contribution in [-0.4, -0.2) is 32.0 Å². The maximum absolute atomic E-state index is 13.2. The molecule has 7 heteroatoms. The standard InChI is InChI=1S/C28H20N6O/c1-16-14-17-6-2-3-9-23(17)34(16)28(35)31-18-10-11-21-22(15-18)33-27-20-8-5-13-30-25(20)24-19(26(27)32-21)7-4-12-29-24/h2-13,15-16H,14H2,1H3,(H,31,35)/t16-/m0/s1. The van der Waals surface area contributed by atoms with Gasteiger partial charge in [0, 0.05) is 40.6 Å². The largest absolute Gasteiger partial charge is 0.326 e. The van der Waals surface area contributed by atoms with Crippen LogP contribution in [0.15, 0.2) is 79.1 Å². The molecule has 1 N–H and O–H groups in total. The van der Waals surface area contributed by atoms with E-state index < -0.39 is 0 Å². The van der Waals surface area contributed by atoms with Gasteiger partial charge in [-0.15, -0.1) is 0 Å². The van der Waals surface area contributed by atoms with Crippen molar-refractivity contribution in [3.8, 4) is 0 Å². The van der Waals surface area contributed by atoms with Crippen LogP contribution in [0.1, 0.15) is 12.5 Å². The summed E-state index contributed by atoms with van der Waals surface area (Å²) in [6.45, 7) is 2.07. The number of para-hydroxylation sites is 1. The van der Waals surface area contributed by atoms with Gasteiger partial charge >= 0.3 is 6.03 Å². The summed E-state index contributed by atoms with van der Waals surface area (Å²) in [6, 6.07) is 21.4. The summed E-state index contributed by atoms with van der Waals surface area (Å²) in [5.41, 5.74) is 7.47. The Balaban J connectivity index is 1.34. The second-order valence-corrected chi connectivity index (χ2v) is 8.91. The Morgan fingerprint density at radius 1 is 0.829 bits per heavy atom. The fourth-order valence-corrected chi connectivity index (χ4v) is 5.14. The van der Waals surface area contributed by atoms with E-state index in [4.69, 9.17) is 9.97 Å². The molecule has 4 heterocycles. The van der Waals surface area contributed by atoms with Crippen LogP contribution in [0.4, 0.5) is 16.2 Å². The van der Waals surface area contributed by atoms with Gasteiger partial charge in [0.1, 0.15) is 0 Å². The average Bonchev–Trinajstić information content (AvgIpc) is 3.23. The predicted molar refractivity (Wildman–Crippen MR) is 139 cm³/mol. The third-order valence-corrected chi connectivity index (χ3v) is 6.69. The minimum Gasteiger partial charge on any atom is -0.307 e. The molecule has 35 heavy (non-hydrogen) atoms. The van der Waals surface area contributed by atoms with Crippen LogP contribution in [0, 0.1) is 0 Å². The molecule has 0 saturated heterocycles. The summed E-state index contributed by atoms with van der Waals surface area (Å²) in [6.07, 6.45) is 4.38. The number of carbonyl (C=O) groups excluding carboxylic acids is 1. The smallest absolute Gasteiger partial charge is 0.307 e. The van der Waals surface area contributed by atoms with E-state index in [2.05, 4.69) is 28.3 Å². The molecule has 0 saturated carbocycles. The van der Waals surface area contributed by atoms with Crippen LogP contribution >= 0.6 is 0 Å². The number of carbonyl (C=O) groups is 1. The molecule has 0 radical (unpaired) electrons. The molecule has 0 aliphatic carbocycles.